The van der Waals surface area contributed by atoms with Gasteiger partial charge >= 0.3 is 0 Å². The molecule has 24 heavy (non-hydrogen) atoms. The number of fused-ring (bicyclic) bond motifs is 1. The average molecular weight is 327 g/mol. The number of rotatable bonds is 4. The van der Waals surface area contributed by atoms with E-state index in [0.29, 0.717) is 12.0 Å². The molecule has 0 spiro atoms. The van der Waals surface area contributed by atoms with Crippen molar-refractivity contribution in [3.63, 3.8) is 0 Å². The smallest absolute Gasteiger partial charge is 0.258 e. The van der Waals surface area contributed by atoms with E-state index < -0.39 is 0 Å². The van der Waals surface area contributed by atoms with E-state index in [1.54, 1.807) is 0 Å². The van der Waals surface area contributed by atoms with Crippen molar-refractivity contribution in [2.75, 3.05) is 6.54 Å². The number of ether oxygens (including phenoxy) is 1. The van der Waals surface area contributed by atoms with E-state index in [9.17, 15) is 4.79 Å². The van der Waals surface area contributed by atoms with Crippen molar-refractivity contribution in [3.05, 3.63) is 29.3 Å². The molecule has 3 heteroatoms. The van der Waals surface area contributed by atoms with Gasteiger partial charge in [-0.25, -0.2) is 0 Å². The molecule has 0 unspecified atom stereocenters. The van der Waals surface area contributed by atoms with Gasteiger partial charge in [-0.1, -0.05) is 37.8 Å². The molecule has 2 fully saturated rings. The lowest BCUT2D eigenvalue weighted by atomic mass is 9.89. The molecule has 1 aliphatic heterocycles. The summed E-state index contributed by atoms with van der Waals surface area (Å²) in [5, 5.41) is 0. The minimum absolute atomic E-state index is 0.196. The summed E-state index contributed by atoms with van der Waals surface area (Å²) in [6.45, 7) is 1.70. The fourth-order valence-electron chi connectivity index (χ4n) is 4.68. The zero-order valence-electron chi connectivity index (χ0n) is 14.6. The number of hydrogen-bond acceptors (Lipinski definition) is 2. The third-order valence-electron chi connectivity index (χ3n) is 6.02. The Morgan fingerprint density at radius 3 is 2.42 bits per heavy atom. The predicted octanol–water partition coefficient (Wildman–Crippen LogP) is 4.93. The van der Waals surface area contributed by atoms with Crippen LogP contribution in [0.25, 0.3) is 0 Å². The molecule has 0 bridgehead atoms. The van der Waals surface area contributed by atoms with Crippen molar-refractivity contribution in [2.45, 2.75) is 76.9 Å². The lowest BCUT2D eigenvalue weighted by molar-refractivity contribution is 0.0730. The van der Waals surface area contributed by atoms with Gasteiger partial charge in [-0.2, -0.15) is 0 Å². The molecule has 2 aliphatic carbocycles. The first-order valence-electron chi connectivity index (χ1n) is 9.89. The third-order valence-corrected chi connectivity index (χ3v) is 6.02. The Kier molecular flexibility index (Phi) is 4.77. The van der Waals surface area contributed by atoms with Gasteiger partial charge < -0.3 is 9.64 Å². The summed E-state index contributed by atoms with van der Waals surface area (Å²) in [5.74, 6) is 1.72. The molecule has 2 saturated carbocycles. The highest BCUT2D eigenvalue weighted by atomic mass is 16.5. The minimum atomic E-state index is 0.196. The van der Waals surface area contributed by atoms with Crippen LogP contribution in [-0.2, 0) is 6.54 Å². The fraction of sp³-hybridized carbons (Fsp3) is 0.667. The normalized spacial score (nSPS) is 22.7. The van der Waals surface area contributed by atoms with Crippen LogP contribution >= 0.6 is 0 Å². The first-order chi connectivity index (χ1) is 11.8. The highest BCUT2D eigenvalue weighted by molar-refractivity contribution is 6.01. The number of benzene rings is 1. The highest BCUT2D eigenvalue weighted by Crippen LogP contribution is 2.35. The molecule has 130 valence electrons. The van der Waals surface area contributed by atoms with Crippen LogP contribution in [0.1, 0.15) is 80.1 Å². The summed E-state index contributed by atoms with van der Waals surface area (Å²) in [4.78, 5) is 15.0. The molecule has 0 atom stereocenters. The van der Waals surface area contributed by atoms with Gasteiger partial charge in [-0.15, -0.1) is 0 Å². The number of carbonyl (C=O) groups excluding carboxylic acids is 1. The Balaban J connectivity index is 1.47. The highest BCUT2D eigenvalue weighted by Gasteiger charge is 2.33. The predicted molar refractivity (Wildman–Crippen MR) is 95.3 cm³/mol. The Bertz CT molecular complexity index is 586. The van der Waals surface area contributed by atoms with Crippen LogP contribution < -0.4 is 4.74 Å². The van der Waals surface area contributed by atoms with Gasteiger partial charge in [0.05, 0.1) is 11.7 Å². The van der Waals surface area contributed by atoms with E-state index >= 15 is 0 Å². The van der Waals surface area contributed by atoms with Gasteiger partial charge in [0.25, 0.3) is 5.91 Å². The number of carbonyl (C=O) groups is 1. The molecule has 0 aromatic heterocycles. The van der Waals surface area contributed by atoms with Crippen molar-refractivity contribution in [1.82, 2.24) is 4.90 Å². The summed E-state index contributed by atoms with van der Waals surface area (Å²) < 4.78 is 6.26. The van der Waals surface area contributed by atoms with Gasteiger partial charge in [-0.3, -0.25) is 4.79 Å². The van der Waals surface area contributed by atoms with Gasteiger partial charge in [0.15, 0.2) is 0 Å². The SMILES string of the molecule is O=C1c2c(cccc2OC2CCCCC2)CN1CC1CCCCC1. The second kappa shape index (κ2) is 7.16. The van der Waals surface area contributed by atoms with Crippen LogP contribution in [0, 0.1) is 5.92 Å². The summed E-state index contributed by atoms with van der Waals surface area (Å²) in [6.07, 6.45) is 13.0. The van der Waals surface area contributed by atoms with E-state index in [-0.39, 0.29) is 5.91 Å². The number of amides is 1. The van der Waals surface area contributed by atoms with E-state index in [1.807, 2.05) is 12.1 Å². The van der Waals surface area contributed by atoms with Gasteiger partial charge in [0.1, 0.15) is 5.75 Å². The van der Waals surface area contributed by atoms with Crippen LogP contribution in [-0.4, -0.2) is 23.5 Å². The standard InChI is InChI=1S/C21H29NO2/c23-21-20-17(15-22(21)14-16-8-3-1-4-9-16)10-7-13-19(20)24-18-11-5-2-6-12-18/h7,10,13,16,18H,1-6,8-9,11-12,14-15H2. The monoisotopic (exact) mass is 327 g/mol. The molecule has 1 heterocycles. The van der Waals surface area contributed by atoms with Crippen LogP contribution in [0.3, 0.4) is 0 Å². The lowest BCUT2D eigenvalue weighted by Crippen LogP contribution is -2.31. The minimum Gasteiger partial charge on any atom is -0.490 e. The Hall–Kier alpha value is -1.51. The maximum atomic E-state index is 13.0. The Morgan fingerprint density at radius 1 is 0.958 bits per heavy atom. The molecule has 4 rings (SSSR count). The van der Waals surface area contributed by atoms with Crippen molar-refractivity contribution >= 4 is 5.91 Å². The molecule has 3 aliphatic rings. The van der Waals surface area contributed by atoms with E-state index in [4.69, 9.17) is 4.74 Å². The van der Waals surface area contributed by atoms with Crippen molar-refractivity contribution in [1.29, 1.82) is 0 Å². The quantitative estimate of drug-likeness (QED) is 0.784. The summed E-state index contributed by atoms with van der Waals surface area (Å²) in [6, 6.07) is 6.14. The molecule has 0 N–H and O–H groups in total. The topological polar surface area (TPSA) is 29.5 Å². The maximum absolute atomic E-state index is 13.0. The molecular formula is C21H29NO2. The van der Waals surface area contributed by atoms with E-state index in [1.165, 1.54) is 51.4 Å². The Morgan fingerprint density at radius 2 is 1.67 bits per heavy atom. The second-order valence-electron chi connectivity index (χ2n) is 7.86. The molecule has 1 amide bonds. The van der Waals surface area contributed by atoms with Gasteiger partial charge in [0, 0.05) is 13.1 Å². The zero-order valence-corrected chi connectivity index (χ0v) is 14.6. The van der Waals surface area contributed by atoms with Crippen molar-refractivity contribution in [2.24, 2.45) is 5.92 Å². The largest absolute Gasteiger partial charge is 0.490 e. The number of nitrogens with zero attached hydrogens (tertiary/aromatic N) is 1. The fourth-order valence-corrected chi connectivity index (χ4v) is 4.68. The molecule has 1 aromatic rings. The van der Waals surface area contributed by atoms with Gasteiger partial charge in [0.2, 0.25) is 0 Å². The summed E-state index contributed by atoms with van der Waals surface area (Å²) >= 11 is 0. The summed E-state index contributed by atoms with van der Waals surface area (Å²) in [5.41, 5.74) is 2.00. The molecule has 0 radical (unpaired) electrons. The number of hydrogen-bond donors (Lipinski definition) is 0. The molecular weight excluding hydrogens is 298 g/mol. The molecule has 3 nitrogen and oxygen atoms in total. The van der Waals surface area contributed by atoms with Crippen molar-refractivity contribution < 1.29 is 9.53 Å². The third kappa shape index (κ3) is 3.31. The molecule has 1 aromatic carbocycles. The average Bonchev–Trinajstić information content (AvgIpc) is 2.94. The first-order valence-corrected chi connectivity index (χ1v) is 9.89. The van der Waals surface area contributed by atoms with Gasteiger partial charge in [-0.05, 0) is 56.1 Å². The lowest BCUT2D eigenvalue weighted by Gasteiger charge is -2.27. The van der Waals surface area contributed by atoms with E-state index in [0.717, 1.165) is 42.8 Å². The van der Waals surface area contributed by atoms with Crippen LogP contribution in [0.4, 0.5) is 0 Å². The van der Waals surface area contributed by atoms with Crippen LogP contribution in [0.2, 0.25) is 0 Å². The zero-order chi connectivity index (χ0) is 16.4. The molecule has 0 saturated heterocycles. The van der Waals surface area contributed by atoms with Crippen LogP contribution in [0.5, 0.6) is 5.75 Å². The Labute approximate surface area is 145 Å². The van der Waals surface area contributed by atoms with E-state index in [2.05, 4.69) is 11.0 Å². The first kappa shape index (κ1) is 16.0. The van der Waals surface area contributed by atoms with Crippen LogP contribution in [0.15, 0.2) is 18.2 Å². The second-order valence-corrected chi connectivity index (χ2v) is 7.86. The summed E-state index contributed by atoms with van der Waals surface area (Å²) in [7, 11) is 0. The van der Waals surface area contributed by atoms with Crippen molar-refractivity contribution in [3.8, 4) is 5.75 Å². The maximum Gasteiger partial charge on any atom is 0.258 e.